The van der Waals surface area contributed by atoms with E-state index in [9.17, 15) is 5.11 Å². The molecule has 3 fully saturated rings. The quantitative estimate of drug-likeness (QED) is 0.607. The van der Waals surface area contributed by atoms with Crippen LogP contribution in [0.25, 0.3) is 22.2 Å². The van der Waals surface area contributed by atoms with Crippen LogP contribution in [0, 0.1) is 18.8 Å². The molecule has 6 rings (SSSR count). The maximum absolute atomic E-state index is 11.7. The van der Waals surface area contributed by atoms with Gasteiger partial charge in [-0.15, -0.1) is 0 Å². The Kier molecular flexibility index (Phi) is 5.45. The molecule has 2 aromatic carbocycles. The van der Waals surface area contributed by atoms with Gasteiger partial charge in [-0.2, -0.15) is 0 Å². The van der Waals surface area contributed by atoms with Crippen LogP contribution in [0.3, 0.4) is 0 Å². The first-order chi connectivity index (χ1) is 15.1. The molecule has 0 amide bonds. The number of aliphatic hydroxyl groups excluding tert-OH is 1. The highest BCUT2D eigenvalue weighted by molar-refractivity contribution is 5.87. The Bertz CT molecular complexity index is 1080. The molecule has 3 aliphatic heterocycles. The summed E-state index contributed by atoms with van der Waals surface area (Å²) in [6, 6.07) is 16.7. The van der Waals surface area contributed by atoms with Crippen LogP contribution >= 0.6 is 0 Å². The van der Waals surface area contributed by atoms with E-state index >= 15 is 0 Å². The number of aromatic nitrogens is 1. The van der Waals surface area contributed by atoms with E-state index in [1.54, 1.807) is 7.11 Å². The first kappa shape index (κ1) is 20.5. The minimum absolute atomic E-state index is 0.171. The molecule has 1 aromatic heterocycles. The second-order valence-electron chi connectivity index (χ2n) is 9.31. The van der Waals surface area contributed by atoms with Gasteiger partial charge in [0.05, 0.1) is 24.4 Å². The summed E-state index contributed by atoms with van der Waals surface area (Å²) >= 11 is 0. The number of aryl methyl sites for hydroxylation is 1. The third kappa shape index (κ3) is 3.72. The molecular formula is C27H32N2O2. The summed E-state index contributed by atoms with van der Waals surface area (Å²) in [5.74, 6) is 2.30. The van der Waals surface area contributed by atoms with Gasteiger partial charge in [-0.05, 0) is 68.0 Å². The molecule has 4 heterocycles. The normalized spacial score (nSPS) is 26.2. The van der Waals surface area contributed by atoms with Gasteiger partial charge < -0.3 is 9.84 Å². The molecule has 2 unspecified atom stereocenters. The predicted octanol–water partition coefficient (Wildman–Crippen LogP) is 5.37. The topological polar surface area (TPSA) is 45.6 Å². The van der Waals surface area contributed by atoms with Crippen molar-refractivity contribution in [3.8, 4) is 17.0 Å². The van der Waals surface area contributed by atoms with E-state index in [2.05, 4.69) is 49.1 Å². The number of pyridine rings is 1. The van der Waals surface area contributed by atoms with E-state index in [0.717, 1.165) is 64.8 Å². The zero-order valence-electron chi connectivity index (χ0n) is 18.7. The van der Waals surface area contributed by atoms with Crippen LogP contribution in [0.1, 0.15) is 43.4 Å². The van der Waals surface area contributed by atoms with Crippen molar-refractivity contribution < 1.29 is 9.84 Å². The lowest BCUT2D eigenvalue weighted by molar-refractivity contribution is -0.0562. The number of ether oxygens (including phenoxy) is 1. The van der Waals surface area contributed by atoms with Gasteiger partial charge >= 0.3 is 0 Å². The van der Waals surface area contributed by atoms with Gasteiger partial charge in [0.25, 0.3) is 0 Å². The number of aliphatic hydroxyl groups is 1. The van der Waals surface area contributed by atoms with Crippen molar-refractivity contribution in [1.29, 1.82) is 0 Å². The predicted molar refractivity (Wildman–Crippen MR) is 125 cm³/mol. The number of hydrogen-bond acceptors (Lipinski definition) is 4. The van der Waals surface area contributed by atoms with E-state index in [-0.39, 0.29) is 6.04 Å². The molecule has 31 heavy (non-hydrogen) atoms. The second-order valence-corrected chi connectivity index (χ2v) is 9.31. The Labute approximate surface area is 184 Å². The van der Waals surface area contributed by atoms with E-state index in [4.69, 9.17) is 9.72 Å². The van der Waals surface area contributed by atoms with Crippen LogP contribution in [-0.4, -0.2) is 41.2 Å². The lowest BCUT2D eigenvalue weighted by Crippen LogP contribution is -2.55. The van der Waals surface area contributed by atoms with Gasteiger partial charge in [-0.25, -0.2) is 4.98 Å². The van der Waals surface area contributed by atoms with Crippen LogP contribution in [0.2, 0.25) is 0 Å². The van der Waals surface area contributed by atoms with Crippen molar-refractivity contribution in [3.63, 3.8) is 0 Å². The molecule has 3 saturated heterocycles. The van der Waals surface area contributed by atoms with Crippen LogP contribution < -0.4 is 4.74 Å². The number of fused-ring (bicyclic) bond motifs is 4. The Morgan fingerprint density at radius 1 is 1.16 bits per heavy atom. The lowest BCUT2D eigenvalue weighted by atomic mass is 9.72. The van der Waals surface area contributed by atoms with Crippen molar-refractivity contribution in [1.82, 2.24) is 9.88 Å². The molecule has 5 atom stereocenters. The standard InChI is InChI=1S/C27H32N2O2/c1-4-18-16-29-12-11-20(18)13-26(29)27(30)23-15-25(19-7-5-17(2)6-8-19)28-24-10-9-21(31-3)14-22(23)24/h5-10,14-15,18,20,26-27,30H,4,11-13,16H2,1-3H3/t18-,20-,26?,27+/m0/s1. The highest BCUT2D eigenvalue weighted by Crippen LogP contribution is 2.43. The fraction of sp³-hybridized carbons (Fsp3) is 0.444. The second kappa shape index (κ2) is 8.25. The summed E-state index contributed by atoms with van der Waals surface area (Å²) in [5.41, 5.74) is 5.08. The average molecular weight is 417 g/mol. The maximum atomic E-state index is 11.7. The van der Waals surface area contributed by atoms with E-state index in [0.29, 0.717) is 0 Å². The smallest absolute Gasteiger partial charge is 0.119 e. The van der Waals surface area contributed by atoms with Crippen LogP contribution in [0.15, 0.2) is 48.5 Å². The Morgan fingerprint density at radius 2 is 1.97 bits per heavy atom. The first-order valence-electron chi connectivity index (χ1n) is 11.5. The third-order valence-corrected chi connectivity index (χ3v) is 7.54. The van der Waals surface area contributed by atoms with Crippen molar-refractivity contribution in [2.24, 2.45) is 11.8 Å². The van der Waals surface area contributed by atoms with E-state index in [1.807, 2.05) is 18.2 Å². The molecule has 1 N–H and O–H groups in total. The number of rotatable bonds is 5. The van der Waals surface area contributed by atoms with Gasteiger partial charge in [0, 0.05) is 23.5 Å². The molecule has 0 radical (unpaired) electrons. The largest absolute Gasteiger partial charge is 0.497 e. The third-order valence-electron chi connectivity index (χ3n) is 7.54. The molecule has 0 spiro atoms. The zero-order valence-corrected chi connectivity index (χ0v) is 18.7. The number of nitrogens with zero attached hydrogens (tertiary/aromatic N) is 2. The number of piperidine rings is 3. The van der Waals surface area contributed by atoms with Gasteiger partial charge in [0.15, 0.2) is 0 Å². The highest BCUT2D eigenvalue weighted by Gasteiger charge is 2.42. The summed E-state index contributed by atoms with van der Waals surface area (Å²) in [6.45, 7) is 6.60. The molecule has 3 aromatic rings. The molecule has 0 saturated carbocycles. The van der Waals surface area contributed by atoms with Crippen molar-refractivity contribution in [3.05, 3.63) is 59.7 Å². The van der Waals surface area contributed by atoms with Crippen molar-refractivity contribution in [2.75, 3.05) is 20.2 Å². The summed E-state index contributed by atoms with van der Waals surface area (Å²) in [4.78, 5) is 7.46. The molecule has 2 bridgehead atoms. The van der Waals surface area contributed by atoms with E-state index in [1.165, 1.54) is 18.4 Å². The first-order valence-corrected chi connectivity index (χ1v) is 11.5. The van der Waals surface area contributed by atoms with Gasteiger partial charge in [-0.3, -0.25) is 4.90 Å². The van der Waals surface area contributed by atoms with E-state index < -0.39 is 6.10 Å². The van der Waals surface area contributed by atoms with Crippen LogP contribution in [0.5, 0.6) is 5.75 Å². The summed E-state index contributed by atoms with van der Waals surface area (Å²) in [6.07, 6.45) is 3.04. The Balaban J connectivity index is 1.59. The molecular weight excluding hydrogens is 384 g/mol. The lowest BCUT2D eigenvalue weighted by Gasteiger charge is -2.51. The minimum atomic E-state index is -0.539. The maximum Gasteiger partial charge on any atom is 0.119 e. The monoisotopic (exact) mass is 416 g/mol. The highest BCUT2D eigenvalue weighted by atomic mass is 16.5. The van der Waals surface area contributed by atoms with Crippen LogP contribution in [0.4, 0.5) is 0 Å². The average Bonchev–Trinajstić information content (AvgIpc) is 2.83. The molecule has 4 nitrogen and oxygen atoms in total. The van der Waals surface area contributed by atoms with Crippen molar-refractivity contribution >= 4 is 10.9 Å². The molecule has 3 aliphatic rings. The van der Waals surface area contributed by atoms with Gasteiger partial charge in [0.2, 0.25) is 0 Å². The molecule has 0 aliphatic carbocycles. The van der Waals surface area contributed by atoms with Gasteiger partial charge in [0.1, 0.15) is 5.75 Å². The Hall–Kier alpha value is -2.43. The summed E-state index contributed by atoms with van der Waals surface area (Å²) < 4.78 is 5.49. The van der Waals surface area contributed by atoms with Crippen LogP contribution in [-0.2, 0) is 0 Å². The fourth-order valence-electron chi connectivity index (χ4n) is 5.65. The fourth-order valence-corrected chi connectivity index (χ4v) is 5.65. The minimum Gasteiger partial charge on any atom is -0.497 e. The van der Waals surface area contributed by atoms with Gasteiger partial charge in [-0.1, -0.05) is 43.2 Å². The summed E-state index contributed by atoms with van der Waals surface area (Å²) in [5, 5.41) is 12.7. The SMILES string of the molecule is CC[C@H]1CN2CC[C@H]1CC2[C@H](O)c1cc(-c2ccc(C)cc2)nc2ccc(OC)cc12. The number of methoxy groups -OCH3 is 1. The number of hydrogen-bond donors (Lipinski definition) is 1. The summed E-state index contributed by atoms with van der Waals surface area (Å²) in [7, 11) is 1.68. The van der Waals surface area contributed by atoms with Crippen molar-refractivity contribution in [2.45, 2.75) is 45.3 Å². The Morgan fingerprint density at radius 3 is 2.65 bits per heavy atom. The zero-order chi connectivity index (χ0) is 21.5. The molecule has 162 valence electrons. The molecule has 4 heteroatoms. The number of benzene rings is 2.